The highest BCUT2D eigenvalue weighted by atomic mass is 16.1. The molecule has 1 aromatic carbocycles. The molecule has 0 aliphatic heterocycles. The fourth-order valence-electron chi connectivity index (χ4n) is 2.13. The zero-order valence-electron chi connectivity index (χ0n) is 12.8. The Hall–Kier alpha value is -2.65. The highest BCUT2D eigenvalue weighted by Crippen LogP contribution is 2.07. The summed E-state index contributed by atoms with van der Waals surface area (Å²) in [6.45, 7) is 4.41. The van der Waals surface area contributed by atoms with E-state index >= 15 is 0 Å². The first kappa shape index (κ1) is 15.7. The third-order valence-corrected chi connectivity index (χ3v) is 3.47. The normalized spacial score (nSPS) is 10.1. The summed E-state index contributed by atoms with van der Waals surface area (Å²) in [4.78, 5) is 29.1. The third-order valence-electron chi connectivity index (χ3n) is 3.47. The molecule has 0 spiro atoms. The van der Waals surface area contributed by atoms with E-state index in [1.165, 1.54) is 17.2 Å². The van der Waals surface area contributed by atoms with Gasteiger partial charge in [0.15, 0.2) is 5.82 Å². The molecule has 5 nitrogen and oxygen atoms in total. The van der Waals surface area contributed by atoms with Crippen LogP contribution in [0.3, 0.4) is 0 Å². The predicted octanol–water partition coefficient (Wildman–Crippen LogP) is 2.14. The zero-order valence-corrected chi connectivity index (χ0v) is 12.8. The van der Waals surface area contributed by atoms with Crippen LogP contribution in [0.25, 0.3) is 6.08 Å². The van der Waals surface area contributed by atoms with E-state index in [0.717, 1.165) is 12.8 Å². The number of hydrogen-bond donors (Lipinski definition) is 2. The molecular weight excluding hydrogens is 278 g/mol. The van der Waals surface area contributed by atoms with Gasteiger partial charge in [0.05, 0.1) is 5.69 Å². The summed E-state index contributed by atoms with van der Waals surface area (Å²) in [5.41, 5.74) is 3.18. The second-order valence-electron chi connectivity index (χ2n) is 5.03. The number of carbonyl (C=O) groups excluding carboxylic acids is 1. The van der Waals surface area contributed by atoms with E-state index in [0.29, 0.717) is 17.9 Å². The molecule has 1 aromatic heterocycles. The zero-order chi connectivity index (χ0) is 15.9. The molecule has 5 heteroatoms. The van der Waals surface area contributed by atoms with Crippen molar-refractivity contribution in [3.05, 3.63) is 57.1 Å². The average molecular weight is 297 g/mol. The Balaban J connectivity index is 2.03. The molecule has 1 heterocycles. The summed E-state index contributed by atoms with van der Waals surface area (Å²) in [7, 11) is 0. The first-order valence-corrected chi connectivity index (χ1v) is 7.27. The molecule has 0 saturated carbocycles. The SMILES string of the molecule is CCc1ccc(CCNc2nc(C=C=O)c(C)[nH]c2=O)cc1. The van der Waals surface area contributed by atoms with Gasteiger partial charge in [-0.1, -0.05) is 31.2 Å². The molecule has 22 heavy (non-hydrogen) atoms. The van der Waals surface area contributed by atoms with Crippen molar-refractivity contribution in [3.8, 4) is 0 Å². The van der Waals surface area contributed by atoms with Crippen LogP contribution in [-0.2, 0) is 17.6 Å². The smallest absolute Gasteiger partial charge is 0.290 e. The van der Waals surface area contributed by atoms with E-state index in [1.54, 1.807) is 12.9 Å². The van der Waals surface area contributed by atoms with E-state index in [1.807, 2.05) is 0 Å². The van der Waals surface area contributed by atoms with Crippen molar-refractivity contribution in [1.82, 2.24) is 9.97 Å². The standard InChI is InChI=1S/C17H19N3O2/c1-3-13-4-6-14(7-5-13)8-10-18-16-17(22)19-12(2)15(20-16)9-11-21/h4-7,9H,3,8,10H2,1-2H3,(H,18,20)(H,19,22). The van der Waals surface area contributed by atoms with Crippen LogP contribution in [0.2, 0.25) is 0 Å². The van der Waals surface area contributed by atoms with E-state index in [2.05, 4.69) is 46.5 Å². The van der Waals surface area contributed by atoms with E-state index in [-0.39, 0.29) is 11.4 Å². The number of nitrogens with one attached hydrogen (secondary N) is 2. The molecule has 2 N–H and O–H groups in total. The Morgan fingerprint density at radius 3 is 2.59 bits per heavy atom. The summed E-state index contributed by atoms with van der Waals surface area (Å²) in [6, 6.07) is 8.40. The van der Waals surface area contributed by atoms with Crippen LogP contribution < -0.4 is 10.9 Å². The van der Waals surface area contributed by atoms with E-state index < -0.39 is 0 Å². The number of anilines is 1. The van der Waals surface area contributed by atoms with Crippen molar-refractivity contribution in [2.24, 2.45) is 0 Å². The number of H-pyrrole nitrogens is 1. The minimum atomic E-state index is -0.290. The van der Waals surface area contributed by atoms with Gasteiger partial charge in [-0.25, -0.2) is 9.78 Å². The maximum Gasteiger partial charge on any atom is 0.290 e. The molecule has 2 rings (SSSR count). The lowest BCUT2D eigenvalue weighted by molar-refractivity contribution is 0.570. The Kier molecular flexibility index (Phi) is 5.28. The summed E-state index contributed by atoms with van der Waals surface area (Å²) >= 11 is 0. The number of benzene rings is 1. The number of aromatic amines is 1. The monoisotopic (exact) mass is 297 g/mol. The largest absolute Gasteiger partial charge is 0.365 e. The van der Waals surface area contributed by atoms with Gasteiger partial charge in [-0.15, -0.1) is 0 Å². The number of aryl methyl sites for hydroxylation is 2. The molecule has 0 aliphatic carbocycles. The van der Waals surface area contributed by atoms with Gasteiger partial charge in [-0.3, -0.25) is 4.79 Å². The molecule has 0 amide bonds. The summed E-state index contributed by atoms with van der Waals surface area (Å²) in [5.74, 6) is 1.90. The van der Waals surface area contributed by atoms with Crippen molar-refractivity contribution in [2.45, 2.75) is 26.7 Å². The Labute approximate surface area is 129 Å². The molecular formula is C17H19N3O2. The number of hydrogen-bond acceptors (Lipinski definition) is 4. The van der Waals surface area contributed by atoms with Gasteiger partial charge in [-0.2, -0.15) is 0 Å². The first-order chi connectivity index (χ1) is 10.6. The van der Waals surface area contributed by atoms with Crippen molar-refractivity contribution in [1.29, 1.82) is 0 Å². The molecule has 0 fully saturated rings. The van der Waals surface area contributed by atoms with Gasteiger partial charge >= 0.3 is 0 Å². The van der Waals surface area contributed by atoms with Gasteiger partial charge in [0.2, 0.25) is 0 Å². The van der Waals surface area contributed by atoms with Crippen molar-refractivity contribution in [3.63, 3.8) is 0 Å². The van der Waals surface area contributed by atoms with Crippen molar-refractivity contribution < 1.29 is 4.79 Å². The summed E-state index contributed by atoms with van der Waals surface area (Å²) in [5, 5.41) is 3.01. The number of aromatic nitrogens is 2. The Morgan fingerprint density at radius 1 is 1.27 bits per heavy atom. The van der Waals surface area contributed by atoms with E-state index in [4.69, 9.17) is 0 Å². The quantitative estimate of drug-likeness (QED) is 0.801. The lowest BCUT2D eigenvalue weighted by atomic mass is 10.1. The van der Waals surface area contributed by atoms with Gasteiger partial charge < -0.3 is 10.3 Å². The molecule has 0 unspecified atom stereocenters. The van der Waals surface area contributed by atoms with Crippen LogP contribution in [0, 0.1) is 6.92 Å². The highest BCUT2D eigenvalue weighted by Gasteiger charge is 2.05. The predicted molar refractivity (Wildman–Crippen MR) is 87.8 cm³/mol. The Morgan fingerprint density at radius 2 is 1.95 bits per heavy atom. The number of rotatable bonds is 6. The molecule has 0 atom stereocenters. The summed E-state index contributed by atoms with van der Waals surface area (Å²) < 4.78 is 0. The molecule has 2 aromatic rings. The van der Waals surface area contributed by atoms with Gasteiger partial charge in [-0.05, 0) is 30.9 Å². The maximum atomic E-state index is 11.8. The van der Waals surface area contributed by atoms with Crippen molar-refractivity contribution >= 4 is 17.8 Å². The average Bonchev–Trinajstić information content (AvgIpc) is 2.52. The topological polar surface area (TPSA) is 74.8 Å². The van der Waals surface area contributed by atoms with Crippen LogP contribution in [0.15, 0.2) is 29.1 Å². The van der Waals surface area contributed by atoms with Crippen LogP contribution in [0.4, 0.5) is 5.82 Å². The number of nitrogens with zero attached hydrogens (tertiary/aromatic N) is 1. The van der Waals surface area contributed by atoms with Crippen LogP contribution in [0.1, 0.15) is 29.4 Å². The minimum Gasteiger partial charge on any atom is -0.365 e. The molecule has 0 aliphatic rings. The van der Waals surface area contributed by atoms with Crippen LogP contribution >= 0.6 is 0 Å². The second kappa shape index (κ2) is 7.38. The second-order valence-corrected chi connectivity index (χ2v) is 5.03. The lowest BCUT2D eigenvalue weighted by Crippen LogP contribution is -2.19. The lowest BCUT2D eigenvalue weighted by Gasteiger charge is -2.07. The highest BCUT2D eigenvalue weighted by molar-refractivity contribution is 5.74. The minimum absolute atomic E-state index is 0.220. The molecule has 114 valence electrons. The van der Waals surface area contributed by atoms with Crippen LogP contribution in [-0.4, -0.2) is 22.5 Å². The van der Waals surface area contributed by atoms with E-state index in [9.17, 15) is 9.59 Å². The Bertz CT molecular complexity index is 741. The fourth-order valence-corrected chi connectivity index (χ4v) is 2.13. The van der Waals surface area contributed by atoms with Crippen molar-refractivity contribution in [2.75, 3.05) is 11.9 Å². The molecule has 0 radical (unpaired) electrons. The first-order valence-electron chi connectivity index (χ1n) is 7.27. The van der Waals surface area contributed by atoms with Gasteiger partial charge in [0.1, 0.15) is 5.94 Å². The van der Waals surface area contributed by atoms with Gasteiger partial charge in [0.25, 0.3) is 5.56 Å². The van der Waals surface area contributed by atoms with Gasteiger partial charge in [0, 0.05) is 18.3 Å². The summed E-state index contributed by atoms with van der Waals surface area (Å²) in [6.07, 6.45) is 3.02. The molecule has 0 saturated heterocycles. The third kappa shape index (κ3) is 3.93. The molecule has 0 bridgehead atoms. The maximum absolute atomic E-state index is 11.8. The van der Waals surface area contributed by atoms with Crippen LogP contribution in [0.5, 0.6) is 0 Å². The fraction of sp³-hybridized carbons (Fsp3) is 0.294.